The SMILES string of the molecule is Cc1ccc2c(c1)N(c1ccccc1)C(C)(C)c1ssc(=S)c1C2=O. The number of benzene rings is 2. The first-order chi connectivity index (χ1) is 11.9. The molecule has 25 heavy (non-hydrogen) atoms. The molecular weight excluding hydrogens is 366 g/mol. The van der Waals surface area contributed by atoms with Crippen molar-refractivity contribution in [3.05, 3.63) is 73.9 Å². The van der Waals surface area contributed by atoms with Crippen LogP contribution in [0.15, 0.2) is 48.5 Å². The largest absolute Gasteiger partial charge is 0.330 e. The van der Waals surface area contributed by atoms with Crippen molar-refractivity contribution >= 4 is 50.1 Å². The Labute approximate surface area is 159 Å². The van der Waals surface area contributed by atoms with Crippen LogP contribution in [0.2, 0.25) is 0 Å². The van der Waals surface area contributed by atoms with Gasteiger partial charge >= 0.3 is 0 Å². The lowest BCUT2D eigenvalue weighted by Crippen LogP contribution is -2.37. The van der Waals surface area contributed by atoms with E-state index in [4.69, 9.17) is 12.2 Å². The standard InChI is InChI=1S/C20H17NOS3/c1-12-9-10-14-15(11-12)21(13-7-5-4-6-8-13)20(2,3)18-16(17(14)22)19(23)25-24-18/h4-11H,1-3H3. The Kier molecular flexibility index (Phi) is 3.90. The fourth-order valence-corrected chi connectivity index (χ4v) is 6.68. The van der Waals surface area contributed by atoms with Gasteiger partial charge in [-0.15, -0.1) is 0 Å². The number of hydrogen-bond donors (Lipinski definition) is 0. The van der Waals surface area contributed by atoms with Crippen LogP contribution in [0, 0.1) is 10.7 Å². The molecular formula is C20H17NOS3. The lowest BCUT2D eigenvalue weighted by Gasteiger charge is -2.39. The summed E-state index contributed by atoms with van der Waals surface area (Å²) < 4.78 is 0.694. The first-order valence-electron chi connectivity index (χ1n) is 8.05. The van der Waals surface area contributed by atoms with E-state index in [1.54, 1.807) is 10.3 Å². The summed E-state index contributed by atoms with van der Waals surface area (Å²) in [4.78, 5) is 16.6. The van der Waals surface area contributed by atoms with Gasteiger partial charge in [0.2, 0.25) is 0 Å². The van der Waals surface area contributed by atoms with E-state index in [1.165, 1.54) is 10.3 Å². The third-order valence-corrected chi connectivity index (χ3v) is 7.96. The van der Waals surface area contributed by atoms with E-state index in [0.717, 1.165) is 27.4 Å². The molecule has 0 saturated carbocycles. The Hall–Kier alpha value is -1.82. The minimum absolute atomic E-state index is 0.0407. The van der Waals surface area contributed by atoms with Gasteiger partial charge in [0.1, 0.15) is 3.82 Å². The Morgan fingerprint density at radius 1 is 1.04 bits per heavy atom. The predicted octanol–water partition coefficient (Wildman–Crippen LogP) is 6.47. The zero-order valence-corrected chi connectivity index (χ0v) is 16.6. The van der Waals surface area contributed by atoms with Gasteiger partial charge in [-0.3, -0.25) is 4.79 Å². The van der Waals surface area contributed by atoms with Crippen LogP contribution >= 0.6 is 32.9 Å². The molecule has 0 saturated heterocycles. The van der Waals surface area contributed by atoms with Crippen LogP contribution < -0.4 is 4.90 Å². The third-order valence-electron chi connectivity index (χ3n) is 4.63. The van der Waals surface area contributed by atoms with E-state index >= 15 is 0 Å². The fraction of sp³-hybridized carbons (Fsp3) is 0.200. The number of rotatable bonds is 1. The van der Waals surface area contributed by atoms with Crippen molar-refractivity contribution in [3.63, 3.8) is 0 Å². The van der Waals surface area contributed by atoms with Crippen LogP contribution in [-0.2, 0) is 5.54 Å². The second-order valence-electron chi connectivity index (χ2n) is 6.74. The van der Waals surface area contributed by atoms with E-state index in [9.17, 15) is 4.79 Å². The van der Waals surface area contributed by atoms with Gasteiger partial charge in [-0.2, -0.15) is 0 Å². The first-order valence-corrected chi connectivity index (χ1v) is 10.6. The highest BCUT2D eigenvalue weighted by Gasteiger charge is 2.41. The third kappa shape index (κ3) is 2.49. The topological polar surface area (TPSA) is 20.3 Å². The molecule has 0 unspecified atom stereocenters. The smallest absolute Gasteiger partial charge is 0.198 e. The minimum Gasteiger partial charge on any atom is -0.330 e. The number of carbonyl (C=O) groups is 1. The number of nitrogens with zero attached hydrogens (tertiary/aromatic N) is 1. The van der Waals surface area contributed by atoms with E-state index < -0.39 is 0 Å². The molecule has 0 bridgehead atoms. The molecule has 2 heterocycles. The van der Waals surface area contributed by atoms with Gasteiger partial charge in [0.25, 0.3) is 0 Å². The predicted molar refractivity (Wildman–Crippen MR) is 109 cm³/mol. The van der Waals surface area contributed by atoms with Crippen molar-refractivity contribution < 1.29 is 4.79 Å². The minimum atomic E-state index is -0.371. The Bertz CT molecular complexity index is 1030. The summed E-state index contributed by atoms with van der Waals surface area (Å²) in [5.74, 6) is 0.0407. The molecule has 0 atom stereocenters. The Morgan fingerprint density at radius 2 is 1.76 bits per heavy atom. The van der Waals surface area contributed by atoms with Crippen molar-refractivity contribution in [1.82, 2.24) is 0 Å². The average molecular weight is 384 g/mol. The second-order valence-corrected chi connectivity index (χ2v) is 9.55. The van der Waals surface area contributed by atoms with Crippen LogP contribution in [0.3, 0.4) is 0 Å². The monoisotopic (exact) mass is 383 g/mol. The van der Waals surface area contributed by atoms with E-state index in [0.29, 0.717) is 9.39 Å². The summed E-state index contributed by atoms with van der Waals surface area (Å²) in [6.45, 7) is 6.39. The molecule has 126 valence electrons. The molecule has 1 aliphatic rings. The average Bonchev–Trinajstić information content (AvgIpc) is 2.95. The molecule has 2 nitrogen and oxygen atoms in total. The maximum atomic E-state index is 13.3. The summed E-state index contributed by atoms with van der Waals surface area (Å²) in [5, 5.41) is 0. The lowest BCUT2D eigenvalue weighted by molar-refractivity contribution is 0.103. The molecule has 0 N–H and O–H groups in total. The number of anilines is 2. The number of aryl methyl sites for hydroxylation is 1. The van der Waals surface area contributed by atoms with Gasteiger partial charge < -0.3 is 4.90 Å². The number of carbonyl (C=O) groups excluding carboxylic acids is 1. The summed E-state index contributed by atoms with van der Waals surface area (Å²) in [5.41, 5.74) is 4.21. The van der Waals surface area contributed by atoms with Gasteiger partial charge in [0.05, 0.1) is 21.7 Å². The van der Waals surface area contributed by atoms with Gasteiger partial charge in [-0.25, -0.2) is 0 Å². The maximum absolute atomic E-state index is 13.3. The summed E-state index contributed by atoms with van der Waals surface area (Å²) in [6.07, 6.45) is 0. The molecule has 0 fully saturated rings. The van der Waals surface area contributed by atoms with E-state index in [2.05, 4.69) is 43.9 Å². The van der Waals surface area contributed by atoms with E-state index in [1.807, 2.05) is 30.3 Å². The van der Waals surface area contributed by atoms with Crippen molar-refractivity contribution in [3.8, 4) is 0 Å². The molecule has 0 aliphatic carbocycles. The molecule has 0 spiro atoms. The lowest BCUT2D eigenvalue weighted by atomic mass is 9.96. The zero-order chi connectivity index (χ0) is 17.8. The highest BCUT2D eigenvalue weighted by Crippen LogP contribution is 2.48. The van der Waals surface area contributed by atoms with Gasteiger partial charge in [0, 0.05) is 11.3 Å². The van der Waals surface area contributed by atoms with Crippen molar-refractivity contribution in [2.24, 2.45) is 0 Å². The number of hydrogen-bond acceptors (Lipinski definition) is 5. The fourth-order valence-electron chi connectivity index (χ4n) is 3.45. The highest BCUT2D eigenvalue weighted by molar-refractivity contribution is 7.79. The van der Waals surface area contributed by atoms with Gasteiger partial charge in [-0.1, -0.05) is 57.2 Å². The molecule has 4 rings (SSSR count). The van der Waals surface area contributed by atoms with Crippen molar-refractivity contribution in [1.29, 1.82) is 0 Å². The summed E-state index contributed by atoms with van der Waals surface area (Å²) in [6, 6.07) is 16.3. The quantitative estimate of drug-likeness (QED) is 0.355. The molecule has 5 heteroatoms. The molecule has 2 aromatic carbocycles. The second kappa shape index (κ2) is 5.87. The highest BCUT2D eigenvalue weighted by atomic mass is 32.9. The van der Waals surface area contributed by atoms with Crippen molar-refractivity contribution in [2.45, 2.75) is 26.3 Å². The Morgan fingerprint density at radius 3 is 2.48 bits per heavy atom. The molecule has 0 amide bonds. The summed E-state index contributed by atoms with van der Waals surface area (Å²) in [7, 11) is 3.14. The maximum Gasteiger partial charge on any atom is 0.198 e. The van der Waals surface area contributed by atoms with Crippen molar-refractivity contribution in [2.75, 3.05) is 4.90 Å². The van der Waals surface area contributed by atoms with E-state index in [-0.39, 0.29) is 11.3 Å². The van der Waals surface area contributed by atoms with Crippen LogP contribution in [0.4, 0.5) is 11.4 Å². The van der Waals surface area contributed by atoms with Crippen LogP contribution in [0.25, 0.3) is 0 Å². The zero-order valence-electron chi connectivity index (χ0n) is 14.2. The molecule has 0 radical (unpaired) electrons. The normalized spacial score (nSPS) is 15.5. The molecule has 1 aromatic heterocycles. The number of fused-ring (bicyclic) bond motifs is 2. The van der Waals surface area contributed by atoms with Crippen LogP contribution in [0.1, 0.15) is 40.2 Å². The Balaban J connectivity index is 2.12. The van der Waals surface area contributed by atoms with Crippen LogP contribution in [0.5, 0.6) is 0 Å². The van der Waals surface area contributed by atoms with Gasteiger partial charge in [0.15, 0.2) is 5.78 Å². The van der Waals surface area contributed by atoms with Gasteiger partial charge in [-0.05, 0) is 50.6 Å². The number of ketones is 1. The molecule has 1 aliphatic heterocycles. The molecule has 3 aromatic rings. The first kappa shape index (κ1) is 16.6. The van der Waals surface area contributed by atoms with Crippen LogP contribution in [-0.4, -0.2) is 5.78 Å². The summed E-state index contributed by atoms with van der Waals surface area (Å²) >= 11 is 5.51. The number of para-hydroxylation sites is 1.